The molecule has 169 valence electrons. The zero-order chi connectivity index (χ0) is 20.6. The van der Waals surface area contributed by atoms with E-state index in [9.17, 15) is 0 Å². The molecule has 2 unspecified atom stereocenters. The van der Waals surface area contributed by atoms with Crippen LogP contribution < -0.4 is 0 Å². The maximum Gasteiger partial charge on any atom is 0 e. The van der Waals surface area contributed by atoms with E-state index in [1.165, 1.54) is 0 Å². The van der Waals surface area contributed by atoms with Crippen LogP contribution in [0.15, 0.2) is 0 Å². The number of hydrogen-bond acceptors (Lipinski definition) is 0. The second-order valence-electron chi connectivity index (χ2n) is 8.89. The summed E-state index contributed by atoms with van der Waals surface area (Å²) in [6.45, 7) is 25.2. The Morgan fingerprint density at radius 3 is 1.41 bits per heavy atom. The third-order valence-corrected chi connectivity index (χ3v) is 3.81. The van der Waals surface area contributed by atoms with E-state index in [1.807, 2.05) is 6.92 Å². The maximum absolute atomic E-state index is 4.80. The van der Waals surface area contributed by atoms with Gasteiger partial charge in [-0.3, -0.25) is 6.67 Å². The molecule has 0 aliphatic carbocycles. The summed E-state index contributed by atoms with van der Waals surface area (Å²) in [6, 6.07) is 1.02. The first kappa shape index (κ1) is 32.0. The maximum atomic E-state index is 4.80. The number of hydrogen-bond donors (Lipinski definition) is 0. The van der Waals surface area contributed by atoms with Crippen molar-refractivity contribution in [1.82, 2.24) is 0 Å². The van der Waals surface area contributed by atoms with Gasteiger partial charge in [0.25, 0.3) is 0 Å². The van der Waals surface area contributed by atoms with E-state index in [1.54, 1.807) is 0 Å². The second kappa shape index (κ2) is 19.7. The smallest absolute Gasteiger partial charge is 0 e. The van der Waals surface area contributed by atoms with Crippen molar-refractivity contribution in [3.05, 3.63) is 21.3 Å². The van der Waals surface area contributed by atoms with Gasteiger partial charge in [-0.1, -0.05) is 100 Å². The number of nitrogens with zero attached hydrogens (tertiary/aromatic N) is 4. The molecule has 27 heavy (non-hydrogen) atoms. The monoisotopic (exact) mass is 427 g/mol. The van der Waals surface area contributed by atoms with Crippen LogP contribution in [-0.4, -0.2) is 43.9 Å². The summed E-state index contributed by atoms with van der Waals surface area (Å²) < 4.78 is 0. The van der Waals surface area contributed by atoms with Gasteiger partial charge in [0.15, 0.2) is 0 Å². The van der Waals surface area contributed by atoms with Crippen LogP contribution in [0.5, 0.6) is 0 Å². The molecule has 0 saturated heterocycles. The molecule has 0 aromatic heterocycles. The van der Waals surface area contributed by atoms with Crippen LogP contribution in [0, 0.1) is 11.8 Å². The van der Waals surface area contributed by atoms with Crippen molar-refractivity contribution in [2.75, 3.05) is 26.3 Å². The van der Waals surface area contributed by atoms with Crippen LogP contribution in [0.25, 0.3) is 21.3 Å². The Morgan fingerprint density at radius 2 is 1.15 bits per heavy atom. The molecule has 0 heterocycles. The Morgan fingerprint density at radius 1 is 0.741 bits per heavy atom. The molecule has 0 fully saturated rings. The van der Waals surface area contributed by atoms with E-state index < -0.39 is 0 Å². The third-order valence-electron chi connectivity index (χ3n) is 3.81. The molecular formula is C22H48CoN4-4. The van der Waals surface area contributed by atoms with E-state index >= 15 is 0 Å². The molecule has 5 heteroatoms. The molecular weight excluding hydrogens is 379 g/mol. The van der Waals surface area contributed by atoms with Crippen LogP contribution in [0.4, 0.5) is 0 Å². The summed E-state index contributed by atoms with van der Waals surface area (Å²) in [7, 11) is 0. The summed E-state index contributed by atoms with van der Waals surface area (Å²) >= 11 is 0. The van der Waals surface area contributed by atoms with Crippen molar-refractivity contribution in [2.24, 2.45) is 11.8 Å². The summed E-state index contributed by atoms with van der Waals surface area (Å²) in [5.74, 6) is 1.36. The molecule has 0 aliphatic heterocycles. The Balaban J connectivity index is -0.000000491. The molecule has 0 aliphatic rings. The average molecular weight is 428 g/mol. The van der Waals surface area contributed by atoms with Gasteiger partial charge in [-0.15, -0.1) is 30.7 Å². The molecule has 0 aromatic carbocycles. The van der Waals surface area contributed by atoms with Crippen LogP contribution >= 0.6 is 0 Å². The Labute approximate surface area is 182 Å². The van der Waals surface area contributed by atoms with Gasteiger partial charge in [-0.25, -0.2) is 0 Å². The fourth-order valence-corrected chi connectivity index (χ4v) is 2.14. The van der Waals surface area contributed by atoms with Gasteiger partial charge in [-0.05, 0) is 0 Å². The van der Waals surface area contributed by atoms with Gasteiger partial charge in [0.1, 0.15) is 0 Å². The minimum Gasteiger partial charge on any atom is -0.681 e. The Hall–Kier alpha value is 0.346. The first-order chi connectivity index (χ1) is 12.1. The van der Waals surface area contributed by atoms with Gasteiger partial charge >= 0.3 is 0 Å². The summed E-state index contributed by atoms with van der Waals surface area (Å²) in [5.41, 5.74) is 0.0820. The fraction of sp³-hybridized carbons (Fsp3) is 1.00. The fourth-order valence-electron chi connectivity index (χ4n) is 2.14. The summed E-state index contributed by atoms with van der Waals surface area (Å²) in [6.07, 6.45) is 3.45. The van der Waals surface area contributed by atoms with Crippen molar-refractivity contribution in [2.45, 2.75) is 106 Å². The van der Waals surface area contributed by atoms with Crippen molar-refractivity contribution in [3.8, 4) is 0 Å². The van der Waals surface area contributed by atoms with Gasteiger partial charge in [-0.2, -0.15) is 6.54 Å². The van der Waals surface area contributed by atoms with Crippen molar-refractivity contribution in [1.29, 1.82) is 0 Å². The normalized spacial score (nSPS) is 13.8. The predicted molar refractivity (Wildman–Crippen MR) is 121 cm³/mol. The largest absolute Gasteiger partial charge is 0.681 e. The zero-order valence-electron chi connectivity index (χ0n) is 19.9. The molecule has 2 atom stereocenters. The minimum atomic E-state index is 0. The molecule has 0 amide bonds. The molecule has 0 saturated carbocycles. The van der Waals surface area contributed by atoms with Crippen LogP contribution in [0.3, 0.4) is 0 Å². The van der Waals surface area contributed by atoms with Gasteiger partial charge in [0.05, 0.1) is 0 Å². The van der Waals surface area contributed by atoms with Crippen LogP contribution in [0.1, 0.15) is 88.5 Å². The average Bonchev–Trinajstić information content (AvgIpc) is 2.53. The molecule has 0 rings (SSSR count). The first-order valence-electron chi connectivity index (χ1n) is 10.7. The van der Waals surface area contributed by atoms with Gasteiger partial charge in [0.2, 0.25) is 0 Å². The van der Waals surface area contributed by atoms with Crippen LogP contribution in [-0.2, 0) is 16.8 Å². The van der Waals surface area contributed by atoms with E-state index in [0.29, 0.717) is 30.6 Å². The SMILES string of the molecule is CCC(CC(CC)[N-]CC(C)C)[N-]CC(C)C.CC[N-]C[N-]C(C)(C)C.[Co]. The third kappa shape index (κ3) is 26.3. The number of rotatable bonds is 13. The quantitative estimate of drug-likeness (QED) is 0.273. The molecule has 0 spiro atoms. The molecule has 0 aromatic rings. The van der Waals surface area contributed by atoms with Crippen molar-refractivity contribution >= 4 is 0 Å². The summed E-state index contributed by atoms with van der Waals surface area (Å²) in [5, 5.41) is 18.0. The second-order valence-corrected chi connectivity index (χ2v) is 8.89. The summed E-state index contributed by atoms with van der Waals surface area (Å²) in [4.78, 5) is 0. The zero-order valence-corrected chi connectivity index (χ0v) is 20.9. The van der Waals surface area contributed by atoms with Crippen molar-refractivity contribution in [3.63, 3.8) is 0 Å². The molecule has 0 N–H and O–H groups in total. The van der Waals surface area contributed by atoms with Crippen molar-refractivity contribution < 1.29 is 16.8 Å². The topological polar surface area (TPSA) is 56.4 Å². The Bertz CT molecular complexity index is 273. The molecule has 1 radical (unpaired) electrons. The van der Waals surface area contributed by atoms with E-state index in [4.69, 9.17) is 10.6 Å². The standard InChI is InChI=1S/C15H32N2.C7H16N2.Co/c1-7-14(16-10-12(3)4)9-15(8-2)17-11-13(5)6;1-5-8-6-9-7(2,3)4;/h12-15H,7-11H2,1-6H3;5-6H2,1-4H3;/q2*-2;. The predicted octanol–water partition coefficient (Wildman–Crippen LogP) is 7.50. The van der Waals surface area contributed by atoms with E-state index in [2.05, 4.69) is 72.9 Å². The van der Waals surface area contributed by atoms with Gasteiger partial charge in [0, 0.05) is 16.8 Å². The Kier molecular flexibility index (Phi) is 23.3. The van der Waals surface area contributed by atoms with E-state index in [0.717, 1.165) is 38.9 Å². The van der Waals surface area contributed by atoms with Crippen LogP contribution in [0.2, 0.25) is 0 Å². The molecule has 0 bridgehead atoms. The molecule has 4 nitrogen and oxygen atoms in total. The first-order valence-corrected chi connectivity index (χ1v) is 10.7. The minimum absolute atomic E-state index is 0. The van der Waals surface area contributed by atoms with Gasteiger partial charge < -0.3 is 21.3 Å². The van der Waals surface area contributed by atoms with E-state index in [-0.39, 0.29) is 22.3 Å².